The molecule has 3 heterocycles. The van der Waals surface area contributed by atoms with Crippen LogP contribution in [0.4, 0.5) is 14.5 Å². The first-order valence-electron chi connectivity index (χ1n) is 9.30. The van der Waals surface area contributed by atoms with E-state index >= 15 is 0 Å². The number of benzene rings is 1. The zero-order chi connectivity index (χ0) is 22.1. The van der Waals surface area contributed by atoms with Crippen molar-refractivity contribution in [2.75, 3.05) is 5.32 Å². The minimum Gasteiger partial charge on any atom is -0.464 e. The maximum absolute atomic E-state index is 13.3. The number of carbonyl (C=O) groups excluding carboxylic acids is 1. The van der Waals surface area contributed by atoms with Crippen molar-refractivity contribution >= 4 is 44.9 Å². The number of aromatic nitrogens is 2. The highest BCUT2D eigenvalue weighted by molar-refractivity contribution is 8.00. The molecule has 4 rings (SSSR count). The molecular weight excluding hydrogens is 444 g/mol. The van der Waals surface area contributed by atoms with Crippen molar-refractivity contribution < 1.29 is 18.0 Å². The lowest BCUT2D eigenvalue weighted by molar-refractivity contribution is -0.115. The van der Waals surface area contributed by atoms with Gasteiger partial charge in [-0.25, -0.2) is 13.8 Å². The second-order valence-electron chi connectivity index (χ2n) is 6.80. The molecule has 160 valence electrons. The highest BCUT2D eigenvalue weighted by atomic mass is 32.2. The molecule has 0 aliphatic rings. The van der Waals surface area contributed by atoms with Gasteiger partial charge in [0.15, 0.2) is 11.6 Å². The van der Waals surface area contributed by atoms with Gasteiger partial charge in [-0.3, -0.25) is 9.59 Å². The van der Waals surface area contributed by atoms with Crippen LogP contribution in [-0.4, -0.2) is 21.1 Å². The van der Waals surface area contributed by atoms with Gasteiger partial charge in [0.05, 0.1) is 22.1 Å². The summed E-state index contributed by atoms with van der Waals surface area (Å²) in [6.45, 7) is 3.52. The Morgan fingerprint density at radius 2 is 2.06 bits per heavy atom. The third kappa shape index (κ3) is 4.40. The van der Waals surface area contributed by atoms with Crippen molar-refractivity contribution in [1.82, 2.24) is 9.97 Å². The average Bonchev–Trinajstić information content (AvgIpc) is 3.40. The molecular formula is C21H17F2N3O3S2. The lowest BCUT2D eigenvalue weighted by Crippen LogP contribution is -2.24. The molecule has 2 atom stereocenters. The van der Waals surface area contributed by atoms with Crippen LogP contribution in [0.1, 0.15) is 24.9 Å². The number of rotatable bonds is 6. The molecule has 4 aromatic rings. The molecule has 0 saturated carbocycles. The number of carbonyl (C=O) groups is 1. The molecule has 2 N–H and O–H groups in total. The van der Waals surface area contributed by atoms with Gasteiger partial charge in [0.2, 0.25) is 5.91 Å². The van der Waals surface area contributed by atoms with Crippen molar-refractivity contribution in [1.29, 1.82) is 0 Å². The number of aromatic amines is 1. The summed E-state index contributed by atoms with van der Waals surface area (Å²) >= 11 is 2.62. The SMILES string of the molecule is CC(SC(C)c1nc2scc(-c3ccco3)c2c(=O)[nH]1)C(=O)Nc1ccc(F)c(F)c1. The summed E-state index contributed by atoms with van der Waals surface area (Å²) < 4.78 is 31.8. The number of thioether (sulfide) groups is 1. The molecule has 0 bridgehead atoms. The number of nitrogens with one attached hydrogen (secondary N) is 2. The Balaban J connectivity index is 1.50. The number of H-pyrrole nitrogens is 1. The predicted octanol–water partition coefficient (Wildman–Crippen LogP) is 5.34. The van der Waals surface area contributed by atoms with E-state index in [4.69, 9.17) is 4.42 Å². The molecule has 2 unspecified atom stereocenters. The van der Waals surface area contributed by atoms with Gasteiger partial charge in [0.25, 0.3) is 5.56 Å². The molecule has 0 saturated heterocycles. The lowest BCUT2D eigenvalue weighted by Gasteiger charge is -2.16. The fraction of sp³-hybridized carbons (Fsp3) is 0.190. The largest absolute Gasteiger partial charge is 0.464 e. The molecule has 0 aliphatic carbocycles. The summed E-state index contributed by atoms with van der Waals surface area (Å²) in [6.07, 6.45) is 1.54. The smallest absolute Gasteiger partial charge is 0.260 e. The van der Waals surface area contributed by atoms with Crippen LogP contribution in [0.15, 0.2) is 51.2 Å². The number of nitrogens with zero attached hydrogens (tertiary/aromatic N) is 1. The summed E-state index contributed by atoms with van der Waals surface area (Å²) in [5.74, 6) is -1.35. The van der Waals surface area contributed by atoms with Gasteiger partial charge in [-0.1, -0.05) is 0 Å². The van der Waals surface area contributed by atoms with E-state index in [9.17, 15) is 18.4 Å². The highest BCUT2D eigenvalue weighted by Gasteiger charge is 2.22. The van der Waals surface area contributed by atoms with Crippen molar-refractivity contribution in [3.8, 4) is 11.3 Å². The average molecular weight is 462 g/mol. The number of furan rings is 1. The van der Waals surface area contributed by atoms with Crippen LogP contribution in [0.3, 0.4) is 0 Å². The van der Waals surface area contributed by atoms with E-state index in [1.54, 1.807) is 25.3 Å². The standard InChI is InChI=1S/C21H17F2N3O3S2/c1-10(31-11(2)19(27)24-12-5-6-14(22)15(23)8-12)18-25-20(28)17-13(9-30-21(17)26-18)16-4-3-7-29-16/h3-11H,1-2H3,(H,24,27)(H,25,26,28). The Hall–Kier alpha value is -2.98. The molecule has 0 fully saturated rings. The fourth-order valence-electron chi connectivity index (χ4n) is 3.02. The van der Waals surface area contributed by atoms with E-state index in [1.165, 1.54) is 29.2 Å². The summed E-state index contributed by atoms with van der Waals surface area (Å²) in [5, 5.41) is 4.02. The highest BCUT2D eigenvalue weighted by Crippen LogP contribution is 2.34. The van der Waals surface area contributed by atoms with Crippen LogP contribution < -0.4 is 10.9 Å². The van der Waals surface area contributed by atoms with Gasteiger partial charge in [0, 0.05) is 22.7 Å². The van der Waals surface area contributed by atoms with E-state index in [0.29, 0.717) is 27.4 Å². The first kappa shape index (κ1) is 21.3. The summed E-state index contributed by atoms with van der Waals surface area (Å²) in [5.41, 5.74) is 0.574. The second kappa shape index (κ2) is 8.64. The monoisotopic (exact) mass is 461 g/mol. The third-order valence-corrected chi connectivity index (χ3v) is 6.72. The molecule has 31 heavy (non-hydrogen) atoms. The second-order valence-corrected chi connectivity index (χ2v) is 9.34. The minimum atomic E-state index is -1.04. The first-order valence-corrected chi connectivity index (χ1v) is 11.1. The Bertz CT molecular complexity index is 1300. The van der Waals surface area contributed by atoms with Crippen molar-refractivity contribution in [3.05, 3.63) is 69.8 Å². The van der Waals surface area contributed by atoms with Gasteiger partial charge in [-0.05, 0) is 38.1 Å². The summed E-state index contributed by atoms with van der Waals surface area (Å²) in [6, 6.07) is 6.69. The Morgan fingerprint density at radius 1 is 1.26 bits per heavy atom. The first-order chi connectivity index (χ1) is 14.8. The van der Waals surface area contributed by atoms with Crippen LogP contribution in [0.2, 0.25) is 0 Å². The molecule has 6 nitrogen and oxygen atoms in total. The topological polar surface area (TPSA) is 88.0 Å². The van der Waals surface area contributed by atoms with Crippen LogP contribution >= 0.6 is 23.1 Å². The lowest BCUT2D eigenvalue weighted by atomic mass is 10.2. The zero-order valence-electron chi connectivity index (χ0n) is 16.4. The van der Waals surface area contributed by atoms with Crippen molar-refractivity contribution in [2.24, 2.45) is 0 Å². The van der Waals surface area contributed by atoms with Gasteiger partial charge >= 0.3 is 0 Å². The van der Waals surface area contributed by atoms with Crippen LogP contribution in [0.5, 0.6) is 0 Å². The maximum atomic E-state index is 13.3. The Kier molecular flexibility index (Phi) is 5.92. The van der Waals surface area contributed by atoms with Gasteiger partial charge in [-0.2, -0.15) is 0 Å². The summed E-state index contributed by atoms with van der Waals surface area (Å²) in [4.78, 5) is 33.1. The van der Waals surface area contributed by atoms with Crippen LogP contribution in [0, 0.1) is 11.6 Å². The molecule has 1 amide bonds. The van der Waals surface area contributed by atoms with E-state index in [2.05, 4.69) is 15.3 Å². The van der Waals surface area contributed by atoms with Gasteiger partial charge in [-0.15, -0.1) is 23.1 Å². The van der Waals surface area contributed by atoms with Crippen LogP contribution in [-0.2, 0) is 4.79 Å². The Labute approximate surface area is 183 Å². The van der Waals surface area contributed by atoms with E-state index in [-0.39, 0.29) is 22.4 Å². The maximum Gasteiger partial charge on any atom is 0.260 e. The van der Waals surface area contributed by atoms with E-state index < -0.39 is 16.9 Å². The van der Waals surface area contributed by atoms with Crippen LogP contribution in [0.25, 0.3) is 21.5 Å². The van der Waals surface area contributed by atoms with Gasteiger partial charge < -0.3 is 14.7 Å². The fourth-order valence-corrected chi connectivity index (χ4v) is 4.99. The minimum absolute atomic E-state index is 0.168. The molecule has 0 radical (unpaired) electrons. The quantitative estimate of drug-likeness (QED) is 0.404. The molecule has 3 aromatic heterocycles. The molecule has 0 spiro atoms. The number of hydrogen-bond donors (Lipinski definition) is 2. The molecule has 0 aliphatic heterocycles. The van der Waals surface area contributed by atoms with Crippen molar-refractivity contribution in [2.45, 2.75) is 24.3 Å². The number of amides is 1. The van der Waals surface area contributed by atoms with Gasteiger partial charge in [0.1, 0.15) is 16.4 Å². The molecule has 1 aromatic carbocycles. The summed E-state index contributed by atoms with van der Waals surface area (Å²) in [7, 11) is 0. The number of halogens is 2. The molecule has 10 heteroatoms. The zero-order valence-corrected chi connectivity index (χ0v) is 18.1. The van der Waals surface area contributed by atoms with E-state index in [0.717, 1.165) is 12.1 Å². The number of anilines is 1. The van der Waals surface area contributed by atoms with E-state index in [1.807, 2.05) is 12.3 Å². The normalized spacial score (nSPS) is 13.3. The number of hydrogen-bond acceptors (Lipinski definition) is 6. The number of thiophene rings is 1. The number of fused-ring (bicyclic) bond motifs is 1. The third-order valence-electron chi connectivity index (χ3n) is 4.60. The van der Waals surface area contributed by atoms with Crippen molar-refractivity contribution in [3.63, 3.8) is 0 Å². The predicted molar refractivity (Wildman–Crippen MR) is 118 cm³/mol. The Morgan fingerprint density at radius 3 is 2.77 bits per heavy atom.